The molecule has 0 atom stereocenters. The molecule has 1 aromatic carbocycles. The van der Waals surface area contributed by atoms with Gasteiger partial charge >= 0.3 is 0 Å². The number of halogens is 2. The van der Waals surface area contributed by atoms with Crippen LogP contribution in [-0.2, 0) is 0 Å². The maximum atomic E-state index is 12.3. The van der Waals surface area contributed by atoms with Gasteiger partial charge in [-0.3, -0.25) is 9.59 Å². The number of furan rings is 1. The Morgan fingerprint density at radius 1 is 1.12 bits per heavy atom. The standard InChI is InChI=1S/C17H20ClN3O3.ClH/c1-11-13(6-9-24-11)17(23)21-15-10-12(18)4-5-14(15)16(22)20-8-3-7-19-2;/h4-6,9-10,19H,3,7-8H2,1-2H3,(H,20,22)(H,21,23);1H. The van der Waals surface area contributed by atoms with Crippen LogP contribution in [-0.4, -0.2) is 32.0 Å². The van der Waals surface area contributed by atoms with E-state index in [0.29, 0.717) is 34.1 Å². The van der Waals surface area contributed by atoms with Gasteiger partial charge in [-0.05, 0) is 51.2 Å². The van der Waals surface area contributed by atoms with E-state index in [1.54, 1.807) is 31.2 Å². The molecule has 0 aliphatic heterocycles. The summed E-state index contributed by atoms with van der Waals surface area (Å²) in [5.41, 5.74) is 1.13. The number of carbonyl (C=O) groups excluding carboxylic acids is 2. The van der Waals surface area contributed by atoms with Gasteiger partial charge in [0.2, 0.25) is 0 Å². The molecule has 3 N–H and O–H groups in total. The van der Waals surface area contributed by atoms with E-state index in [2.05, 4.69) is 16.0 Å². The molecule has 0 saturated heterocycles. The van der Waals surface area contributed by atoms with E-state index in [1.807, 2.05) is 7.05 Å². The van der Waals surface area contributed by atoms with Gasteiger partial charge in [-0.15, -0.1) is 12.4 Å². The fourth-order valence-electron chi connectivity index (χ4n) is 2.19. The van der Waals surface area contributed by atoms with E-state index in [1.165, 1.54) is 6.26 Å². The minimum atomic E-state index is -0.354. The number of carbonyl (C=O) groups is 2. The summed E-state index contributed by atoms with van der Waals surface area (Å²) in [6.45, 7) is 3.04. The summed E-state index contributed by atoms with van der Waals surface area (Å²) in [7, 11) is 1.85. The lowest BCUT2D eigenvalue weighted by Gasteiger charge is -2.12. The molecule has 0 radical (unpaired) electrons. The van der Waals surface area contributed by atoms with Crippen LogP contribution in [0.2, 0.25) is 5.02 Å². The lowest BCUT2D eigenvalue weighted by molar-refractivity contribution is 0.0954. The number of hydrogen-bond donors (Lipinski definition) is 3. The van der Waals surface area contributed by atoms with Gasteiger partial charge in [-0.1, -0.05) is 11.6 Å². The Kier molecular flexibility index (Phi) is 8.48. The van der Waals surface area contributed by atoms with Gasteiger partial charge in [-0.2, -0.15) is 0 Å². The summed E-state index contributed by atoms with van der Waals surface area (Å²) < 4.78 is 5.13. The Bertz CT molecular complexity index is 732. The van der Waals surface area contributed by atoms with Crippen LogP contribution < -0.4 is 16.0 Å². The number of anilines is 1. The number of aryl methyl sites for hydroxylation is 1. The van der Waals surface area contributed by atoms with Gasteiger partial charge in [0.25, 0.3) is 11.8 Å². The Morgan fingerprint density at radius 2 is 1.88 bits per heavy atom. The zero-order chi connectivity index (χ0) is 17.5. The quantitative estimate of drug-likeness (QED) is 0.638. The molecule has 2 amide bonds. The first-order chi connectivity index (χ1) is 11.5. The summed E-state index contributed by atoms with van der Waals surface area (Å²) in [5, 5.41) is 8.99. The van der Waals surface area contributed by atoms with Crippen LogP contribution in [0, 0.1) is 6.92 Å². The summed E-state index contributed by atoms with van der Waals surface area (Å²) >= 11 is 6.00. The van der Waals surface area contributed by atoms with Crippen molar-refractivity contribution in [2.45, 2.75) is 13.3 Å². The van der Waals surface area contributed by atoms with Crippen LogP contribution in [0.15, 0.2) is 34.9 Å². The highest BCUT2D eigenvalue weighted by Crippen LogP contribution is 2.22. The van der Waals surface area contributed by atoms with E-state index < -0.39 is 0 Å². The highest BCUT2D eigenvalue weighted by Gasteiger charge is 2.17. The molecule has 136 valence electrons. The molecule has 6 nitrogen and oxygen atoms in total. The van der Waals surface area contributed by atoms with Crippen LogP contribution in [0.5, 0.6) is 0 Å². The zero-order valence-electron chi connectivity index (χ0n) is 14.0. The lowest BCUT2D eigenvalue weighted by Crippen LogP contribution is -2.27. The molecule has 8 heteroatoms. The maximum Gasteiger partial charge on any atom is 0.259 e. The van der Waals surface area contributed by atoms with Gasteiger partial charge in [0, 0.05) is 11.6 Å². The molecular formula is C17H21Cl2N3O3. The zero-order valence-corrected chi connectivity index (χ0v) is 15.6. The first kappa shape index (κ1) is 21.0. The van der Waals surface area contributed by atoms with E-state index in [9.17, 15) is 9.59 Å². The third-order valence-corrected chi connectivity index (χ3v) is 3.70. The predicted molar refractivity (Wildman–Crippen MR) is 101 cm³/mol. The largest absolute Gasteiger partial charge is 0.469 e. The number of benzene rings is 1. The fraction of sp³-hybridized carbons (Fsp3) is 0.294. The molecule has 0 spiro atoms. The molecule has 0 aliphatic rings. The highest BCUT2D eigenvalue weighted by molar-refractivity contribution is 6.31. The van der Waals surface area contributed by atoms with E-state index in [0.717, 1.165) is 13.0 Å². The first-order valence-corrected chi connectivity index (χ1v) is 7.98. The minimum absolute atomic E-state index is 0. The highest BCUT2D eigenvalue weighted by atomic mass is 35.5. The third-order valence-electron chi connectivity index (χ3n) is 3.47. The molecule has 0 fully saturated rings. The molecule has 1 heterocycles. The van der Waals surface area contributed by atoms with Crippen molar-refractivity contribution in [3.8, 4) is 0 Å². The molecule has 0 aliphatic carbocycles. The van der Waals surface area contributed by atoms with Crippen LogP contribution in [0.3, 0.4) is 0 Å². The molecule has 25 heavy (non-hydrogen) atoms. The van der Waals surface area contributed by atoms with Gasteiger partial charge in [-0.25, -0.2) is 0 Å². The summed E-state index contributed by atoms with van der Waals surface area (Å²) in [6, 6.07) is 6.33. The van der Waals surface area contributed by atoms with Crippen LogP contribution in [0.25, 0.3) is 0 Å². The van der Waals surface area contributed by atoms with Crippen molar-refractivity contribution in [2.24, 2.45) is 0 Å². The average Bonchev–Trinajstić information content (AvgIpc) is 2.97. The molecule has 0 saturated carbocycles. The number of hydrogen-bond acceptors (Lipinski definition) is 4. The summed E-state index contributed by atoms with van der Waals surface area (Å²) in [4.78, 5) is 24.7. The number of amides is 2. The van der Waals surface area contributed by atoms with Crippen molar-refractivity contribution in [3.05, 3.63) is 52.4 Å². The molecule has 0 bridgehead atoms. The Labute approximate surface area is 157 Å². The van der Waals surface area contributed by atoms with E-state index in [4.69, 9.17) is 16.0 Å². The van der Waals surface area contributed by atoms with Crippen molar-refractivity contribution < 1.29 is 14.0 Å². The predicted octanol–water partition coefficient (Wildman–Crippen LogP) is 3.25. The van der Waals surface area contributed by atoms with Gasteiger partial charge in [0.1, 0.15) is 5.76 Å². The molecule has 1 aromatic heterocycles. The second kappa shape index (κ2) is 10.1. The smallest absolute Gasteiger partial charge is 0.259 e. The van der Waals surface area contributed by atoms with E-state index in [-0.39, 0.29) is 24.2 Å². The van der Waals surface area contributed by atoms with Gasteiger partial charge in [0.05, 0.1) is 23.1 Å². The lowest BCUT2D eigenvalue weighted by atomic mass is 10.1. The van der Waals surface area contributed by atoms with Crippen molar-refractivity contribution in [1.82, 2.24) is 10.6 Å². The van der Waals surface area contributed by atoms with Gasteiger partial charge in [0.15, 0.2) is 0 Å². The second-order valence-electron chi connectivity index (χ2n) is 5.25. The van der Waals surface area contributed by atoms with Crippen molar-refractivity contribution >= 4 is 41.5 Å². The third kappa shape index (κ3) is 5.77. The number of rotatable bonds is 7. The van der Waals surface area contributed by atoms with E-state index >= 15 is 0 Å². The van der Waals surface area contributed by atoms with Crippen molar-refractivity contribution in [3.63, 3.8) is 0 Å². The Balaban J connectivity index is 0.00000312. The summed E-state index contributed by atoms with van der Waals surface area (Å²) in [6.07, 6.45) is 2.25. The maximum absolute atomic E-state index is 12.3. The van der Waals surface area contributed by atoms with Crippen LogP contribution in [0.1, 0.15) is 32.9 Å². The number of nitrogens with one attached hydrogen (secondary N) is 3. The normalized spacial score (nSPS) is 10.0. The monoisotopic (exact) mass is 385 g/mol. The molecule has 0 unspecified atom stereocenters. The van der Waals surface area contributed by atoms with Crippen molar-refractivity contribution in [1.29, 1.82) is 0 Å². The molecular weight excluding hydrogens is 365 g/mol. The Morgan fingerprint density at radius 3 is 2.52 bits per heavy atom. The second-order valence-corrected chi connectivity index (χ2v) is 5.68. The molecule has 2 rings (SSSR count). The molecule has 2 aromatic rings. The van der Waals surface area contributed by atoms with Crippen molar-refractivity contribution in [2.75, 3.05) is 25.5 Å². The SMILES string of the molecule is CNCCCNC(=O)c1ccc(Cl)cc1NC(=O)c1ccoc1C.Cl. The van der Waals surface area contributed by atoms with Crippen LogP contribution in [0.4, 0.5) is 5.69 Å². The average molecular weight is 386 g/mol. The Hall–Kier alpha value is -2.02. The van der Waals surface area contributed by atoms with Crippen LogP contribution >= 0.6 is 24.0 Å². The fourth-order valence-corrected chi connectivity index (χ4v) is 2.36. The first-order valence-electron chi connectivity index (χ1n) is 7.60. The topological polar surface area (TPSA) is 83.4 Å². The summed E-state index contributed by atoms with van der Waals surface area (Å²) in [5.74, 6) is -0.109. The minimum Gasteiger partial charge on any atom is -0.469 e. The van der Waals surface area contributed by atoms with Gasteiger partial charge < -0.3 is 20.4 Å².